The molecular formula is C23H26N4O3. The number of carbonyl (C=O) groups is 1. The fourth-order valence-electron chi connectivity index (χ4n) is 4.01. The van der Waals surface area contributed by atoms with Crippen LogP contribution in [0.2, 0.25) is 0 Å². The highest BCUT2D eigenvalue weighted by Gasteiger charge is 2.29. The first-order valence-electron chi connectivity index (χ1n) is 10.2. The van der Waals surface area contributed by atoms with Crippen LogP contribution in [0, 0.1) is 0 Å². The van der Waals surface area contributed by atoms with Gasteiger partial charge in [-0.1, -0.05) is 30.3 Å². The summed E-state index contributed by atoms with van der Waals surface area (Å²) in [5, 5.41) is 4.52. The van der Waals surface area contributed by atoms with Crippen molar-refractivity contribution in [3.63, 3.8) is 0 Å². The molecule has 156 valence electrons. The molecule has 1 aliphatic heterocycles. The van der Waals surface area contributed by atoms with Crippen molar-refractivity contribution in [2.24, 2.45) is 7.05 Å². The minimum Gasteiger partial charge on any atom is -0.497 e. The monoisotopic (exact) mass is 406 g/mol. The van der Waals surface area contributed by atoms with Crippen LogP contribution in [0.1, 0.15) is 30.1 Å². The summed E-state index contributed by atoms with van der Waals surface area (Å²) in [5.41, 5.74) is 1.59. The lowest BCUT2D eigenvalue weighted by Gasteiger charge is -2.32. The molecule has 0 spiro atoms. The topological polar surface area (TPSA) is 69.4 Å². The quantitative estimate of drug-likeness (QED) is 0.653. The number of amides is 1. The van der Waals surface area contributed by atoms with E-state index in [9.17, 15) is 9.59 Å². The SMILES string of the molecule is COc1ccc(CC(=O)N2CCCC(c3nn(C)c(=O)n3-c3ccccc3)C2)cc1. The second kappa shape index (κ2) is 8.57. The zero-order valence-corrected chi connectivity index (χ0v) is 17.3. The van der Waals surface area contributed by atoms with E-state index in [1.165, 1.54) is 4.68 Å². The van der Waals surface area contributed by atoms with Crippen molar-refractivity contribution in [1.82, 2.24) is 19.2 Å². The molecule has 0 bridgehead atoms. The lowest BCUT2D eigenvalue weighted by molar-refractivity contribution is -0.131. The van der Waals surface area contributed by atoms with Crippen LogP contribution in [0.4, 0.5) is 0 Å². The van der Waals surface area contributed by atoms with E-state index < -0.39 is 0 Å². The molecule has 1 saturated heterocycles. The van der Waals surface area contributed by atoms with E-state index in [-0.39, 0.29) is 17.5 Å². The van der Waals surface area contributed by atoms with Crippen molar-refractivity contribution in [2.75, 3.05) is 20.2 Å². The van der Waals surface area contributed by atoms with Gasteiger partial charge in [-0.15, -0.1) is 0 Å². The summed E-state index contributed by atoms with van der Waals surface area (Å²) in [6, 6.07) is 17.1. The summed E-state index contributed by atoms with van der Waals surface area (Å²) in [5.74, 6) is 1.61. The Morgan fingerprint density at radius 3 is 2.57 bits per heavy atom. The van der Waals surface area contributed by atoms with Gasteiger partial charge in [-0.25, -0.2) is 14.0 Å². The van der Waals surface area contributed by atoms with Gasteiger partial charge in [-0.05, 0) is 42.7 Å². The number of hydrogen-bond donors (Lipinski definition) is 0. The number of benzene rings is 2. The molecule has 3 aromatic rings. The normalized spacial score (nSPS) is 16.5. The molecule has 7 heteroatoms. The summed E-state index contributed by atoms with van der Waals surface area (Å²) in [4.78, 5) is 27.5. The van der Waals surface area contributed by atoms with E-state index >= 15 is 0 Å². The van der Waals surface area contributed by atoms with Crippen LogP contribution in [-0.2, 0) is 18.3 Å². The molecule has 4 rings (SSSR count). The highest BCUT2D eigenvalue weighted by atomic mass is 16.5. The van der Waals surface area contributed by atoms with E-state index in [1.54, 1.807) is 18.7 Å². The molecule has 0 aliphatic carbocycles. The van der Waals surface area contributed by atoms with Gasteiger partial charge in [0.1, 0.15) is 11.6 Å². The van der Waals surface area contributed by atoms with Gasteiger partial charge in [0.15, 0.2) is 0 Å². The first-order chi connectivity index (χ1) is 14.6. The van der Waals surface area contributed by atoms with Gasteiger partial charge in [-0.3, -0.25) is 4.79 Å². The van der Waals surface area contributed by atoms with Crippen LogP contribution in [0.5, 0.6) is 5.75 Å². The van der Waals surface area contributed by atoms with E-state index in [2.05, 4.69) is 5.10 Å². The second-order valence-corrected chi connectivity index (χ2v) is 7.64. The zero-order valence-electron chi connectivity index (χ0n) is 17.3. The number of hydrogen-bond acceptors (Lipinski definition) is 4. The fourth-order valence-corrected chi connectivity index (χ4v) is 4.01. The molecule has 1 aromatic heterocycles. The van der Waals surface area contributed by atoms with Crippen molar-refractivity contribution in [3.05, 3.63) is 76.5 Å². The second-order valence-electron chi connectivity index (χ2n) is 7.64. The number of rotatable bonds is 5. The number of aryl methyl sites for hydroxylation is 1. The van der Waals surface area contributed by atoms with E-state index in [0.717, 1.165) is 42.2 Å². The molecule has 2 aromatic carbocycles. The van der Waals surface area contributed by atoms with Crippen LogP contribution in [0.15, 0.2) is 59.4 Å². The first-order valence-corrected chi connectivity index (χ1v) is 10.2. The number of carbonyl (C=O) groups excluding carboxylic acids is 1. The highest BCUT2D eigenvalue weighted by molar-refractivity contribution is 5.79. The van der Waals surface area contributed by atoms with Crippen molar-refractivity contribution in [3.8, 4) is 11.4 Å². The van der Waals surface area contributed by atoms with Crippen LogP contribution >= 0.6 is 0 Å². The molecule has 0 radical (unpaired) electrons. The van der Waals surface area contributed by atoms with E-state index in [4.69, 9.17) is 4.74 Å². The summed E-state index contributed by atoms with van der Waals surface area (Å²) in [6.07, 6.45) is 2.14. The molecule has 7 nitrogen and oxygen atoms in total. The van der Waals surface area contributed by atoms with Crippen molar-refractivity contribution >= 4 is 5.91 Å². The predicted octanol–water partition coefficient (Wildman–Crippen LogP) is 2.53. The minimum atomic E-state index is -0.169. The van der Waals surface area contributed by atoms with Crippen molar-refractivity contribution in [2.45, 2.75) is 25.2 Å². The van der Waals surface area contributed by atoms with Gasteiger partial charge in [0.25, 0.3) is 0 Å². The molecule has 1 amide bonds. The molecule has 0 N–H and O–H groups in total. The maximum atomic E-state index is 12.9. The molecule has 30 heavy (non-hydrogen) atoms. The lowest BCUT2D eigenvalue weighted by Crippen LogP contribution is -2.40. The Kier molecular flexibility index (Phi) is 5.70. The number of likely N-dealkylation sites (tertiary alicyclic amines) is 1. The maximum Gasteiger partial charge on any atom is 0.350 e. The molecular weight excluding hydrogens is 380 g/mol. The third kappa shape index (κ3) is 4.01. The van der Waals surface area contributed by atoms with Gasteiger partial charge in [0.05, 0.1) is 19.2 Å². The van der Waals surface area contributed by atoms with Crippen molar-refractivity contribution in [1.29, 1.82) is 0 Å². The third-order valence-electron chi connectivity index (χ3n) is 5.62. The number of methoxy groups -OCH3 is 1. The predicted molar refractivity (Wildman–Crippen MR) is 114 cm³/mol. The van der Waals surface area contributed by atoms with Crippen molar-refractivity contribution < 1.29 is 9.53 Å². The van der Waals surface area contributed by atoms with Gasteiger partial charge in [-0.2, -0.15) is 5.10 Å². The first kappa shape index (κ1) is 19.9. The number of ether oxygens (including phenoxy) is 1. The maximum absolute atomic E-state index is 12.9. The lowest BCUT2D eigenvalue weighted by atomic mass is 9.96. The molecule has 1 atom stereocenters. The Balaban J connectivity index is 1.54. The Morgan fingerprint density at radius 2 is 1.87 bits per heavy atom. The van der Waals surface area contributed by atoms with Gasteiger partial charge in [0.2, 0.25) is 5.91 Å². The third-order valence-corrected chi connectivity index (χ3v) is 5.62. The molecule has 1 aliphatic rings. The summed E-state index contributed by atoms with van der Waals surface area (Å²) >= 11 is 0. The Labute approximate surface area is 175 Å². The largest absolute Gasteiger partial charge is 0.497 e. The van der Waals surface area contributed by atoms with E-state index in [0.29, 0.717) is 13.0 Å². The number of nitrogens with zero attached hydrogens (tertiary/aromatic N) is 4. The molecule has 1 unspecified atom stereocenters. The van der Waals surface area contributed by atoms with Gasteiger partial charge < -0.3 is 9.64 Å². The van der Waals surface area contributed by atoms with Crippen LogP contribution in [0.3, 0.4) is 0 Å². The zero-order chi connectivity index (χ0) is 21.1. The fraction of sp³-hybridized carbons (Fsp3) is 0.348. The van der Waals surface area contributed by atoms with Gasteiger partial charge >= 0.3 is 5.69 Å². The average molecular weight is 406 g/mol. The summed E-state index contributed by atoms with van der Waals surface area (Å²) < 4.78 is 8.22. The number of piperidine rings is 1. The van der Waals surface area contributed by atoms with E-state index in [1.807, 2.05) is 59.5 Å². The standard InChI is InChI=1S/C23H26N4O3/c1-25-23(29)27(19-8-4-3-5-9-19)22(24-25)18-7-6-14-26(16-18)21(28)15-17-10-12-20(30-2)13-11-17/h3-5,8-13,18H,6-7,14-16H2,1-2H3. The molecule has 0 saturated carbocycles. The summed E-state index contributed by atoms with van der Waals surface area (Å²) in [6.45, 7) is 1.30. The highest BCUT2D eigenvalue weighted by Crippen LogP contribution is 2.27. The Morgan fingerprint density at radius 1 is 1.13 bits per heavy atom. The number of para-hydroxylation sites is 1. The van der Waals surface area contributed by atoms with Gasteiger partial charge in [0, 0.05) is 26.1 Å². The minimum absolute atomic E-state index is 0.0210. The molecule has 2 heterocycles. The Hall–Kier alpha value is -3.35. The van der Waals surface area contributed by atoms with Crippen LogP contribution < -0.4 is 10.4 Å². The smallest absolute Gasteiger partial charge is 0.350 e. The van der Waals surface area contributed by atoms with Crippen LogP contribution in [-0.4, -0.2) is 45.4 Å². The molecule has 1 fully saturated rings. The number of aromatic nitrogens is 3. The summed E-state index contributed by atoms with van der Waals surface area (Å²) in [7, 11) is 3.29. The Bertz CT molecular complexity index is 1070. The van der Waals surface area contributed by atoms with Crippen LogP contribution in [0.25, 0.3) is 5.69 Å². The average Bonchev–Trinajstić information content (AvgIpc) is 3.09.